The molecule has 0 aliphatic heterocycles. The molecule has 0 heterocycles. The Balaban J connectivity index is 1.55. The molecule has 0 aromatic heterocycles. The number of hydrogen-bond acceptors (Lipinski definition) is 5. The van der Waals surface area contributed by atoms with Gasteiger partial charge in [-0.05, 0) is 17.2 Å². The molecule has 0 aliphatic rings. The van der Waals surface area contributed by atoms with Crippen molar-refractivity contribution in [2.45, 2.75) is 6.42 Å². The molecule has 146 valence electrons. The molecule has 0 atom stereocenters. The van der Waals surface area contributed by atoms with Gasteiger partial charge in [-0.15, -0.1) is 0 Å². The number of hydrazone groups is 1. The highest BCUT2D eigenvalue weighted by Crippen LogP contribution is 2.21. The normalized spacial score (nSPS) is 10.6. The van der Waals surface area contributed by atoms with Gasteiger partial charge in [0.25, 0.3) is 11.6 Å². The number of amides is 1. The third-order valence-corrected chi connectivity index (χ3v) is 4.05. The largest absolute Gasteiger partial charge is 0.483 e. The number of non-ortho nitro benzene ring substituents is 1. The van der Waals surface area contributed by atoms with E-state index < -0.39 is 10.8 Å². The van der Waals surface area contributed by atoms with Gasteiger partial charge in [-0.3, -0.25) is 14.9 Å². The average Bonchev–Trinajstić information content (AvgIpc) is 2.74. The van der Waals surface area contributed by atoms with Crippen LogP contribution in [0.1, 0.15) is 16.7 Å². The molecule has 0 bridgehead atoms. The maximum absolute atomic E-state index is 12.0. The number of nitrogens with one attached hydrogen (secondary N) is 1. The fraction of sp³-hybridized carbons (Fsp3) is 0.0909. The van der Waals surface area contributed by atoms with E-state index >= 15 is 0 Å². The zero-order valence-corrected chi connectivity index (χ0v) is 15.5. The van der Waals surface area contributed by atoms with Gasteiger partial charge in [0.2, 0.25) is 0 Å². The van der Waals surface area contributed by atoms with Crippen LogP contribution in [-0.2, 0) is 11.2 Å². The summed E-state index contributed by atoms with van der Waals surface area (Å²) < 4.78 is 5.65. The summed E-state index contributed by atoms with van der Waals surface area (Å²) in [5.41, 5.74) is 4.95. The molecule has 3 aromatic carbocycles. The minimum atomic E-state index is -0.489. The summed E-state index contributed by atoms with van der Waals surface area (Å²) in [6, 6.07) is 23.5. The minimum Gasteiger partial charge on any atom is -0.483 e. The Bertz CT molecular complexity index is 1020. The van der Waals surface area contributed by atoms with Crippen molar-refractivity contribution in [1.82, 2.24) is 5.43 Å². The van der Waals surface area contributed by atoms with Crippen LogP contribution < -0.4 is 10.2 Å². The van der Waals surface area contributed by atoms with Crippen molar-refractivity contribution >= 4 is 17.8 Å². The number of para-hydroxylation sites is 1. The van der Waals surface area contributed by atoms with Crippen LogP contribution in [0.4, 0.5) is 5.69 Å². The first-order valence-electron chi connectivity index (χ1n) is 8.93. The van der Waals surface area contributed by atoms with Crippen LogP contribution in [0.15, 0.2) is 84.0 Å². The van der Waals surface area contributed by atoms with E-state index in [1.165, 1.54) is 18.3 Å². The molecule has 0 fully saturated rings. The van der Waals surface area contributed by atoms with E-state index in [4.69, 9.17) is 4.74 Å². The van der Waals surface area contributed by atoms with Gasteiger partial charge < -0.3 is 4.74 Å². The van der Waals surface area contributed by atoms with E-state index in [9.17, 15) is 14.9 Å². The zero-order chi connectivity index (χ0) is 20.5. The summed E-state index contributed by atoms with van der Waals surface area (Å²) in [7, 11) is 0. The molecule has 29 heavy (non-hydrogen) atoms. The summed E-state index contributed by atoms with van der Waals surface area (Å²) in [4.78, 5) is 22.3. The molecule has 1 N–H and O–H groups in total. The van der Waals surface area contributed by atoms with Crippen molar-refractivity contribution in [3.05, 3.63) is 106 Å². The molecular formula is C22H19N3O4. The van der Waals surface area contributed by atoms with Crippen molar-refractivity contribution in [2.24, 2.45) is 5.10 Å². The number of hydrogen-bond donors (Lipinski definition) is 1. The van der Waals surface area contributed by atoms with Crippen molar-refractivity contribution in [2.75, 3.05) is 6.61 Å². The smallest absolute Gasteiger partial charge is 0.277 e. The predicted molar refractivity (Wildman–Crippen MR) is 110 cm³/mol. The number of benzene rings is 3. The molecule has 1 amide bonds. The average molecular weight is 389 g/mol. The molecular weight excluding hydrogens is 370 g/mol. The molecule has 0 spiro atoms. The fourth-order valence-corrected chi connectivity index (χ4v) is 2.68. The number of nitro benzene ring substituents is 1. The lowest BCUT2D eigenvalue weighted by atomic mass is 10.0. The highest BCUT2D eigenvalue weighted by Gasteiger charge is 2.07. The van der Waals surface area contributed by atoms with Gasteiger partial charge >= 0.3 is 0 Å². The number of rotatable bonds is 8. The third kappa shape index (κ3) is 6.00. The molecule has 0 saturated heterocycles. The first-order valence-corrected chi connectivity index (χ1v) is 8.93. The standard InChI is InChI=1S/C22H19N3O4/c26-22(24-23-15-18-9-6-11-20(14-18)25(27)28)16-29-21-12-5-4-10-19(21)13-17-7-2-1-3-8-17/h1-12,14-15H,13,16H2,(H,24,26)/b23-15-. The maximum atomic E-state index is 12.0. The summed E-state index contributed by atoms with van der Waals surface area (Å²) in [6.07, 6.45) is 2.04. The second-order valence-corrected chi connectivity index (χ2v) is 6.20. The van der Waals surface area contributed by atoms with E-state index in [2.05, 4.69) is 10.5 Å². The lowest BCUT2D eigenvalue weighted by Crippen LogP contribution is -2.24. The summed E-state index contributed by atoms with van der Waals surface area (Å²) in [6.45, 7) is -0.196. The van der Waals surface area contributed by atoms with E-state index in [0.717, 1.165) is 11.1 Å². The third-order valence-electron chi connectivity index (χ3n) is 4.05. The lowest BCUT2D eigenvalue weighted by Gasteiger charge is -2.11. The van der Waals surface area contributed by atoms with Crippen LogP contribution in [0.3, 0.4) is 0 Å². The second-order valence-electron chi connectivity index (χ2n) is 6.20. The second kappa shape index (κ2) is 9.80. The number of nitro groups is 1. The Hall–Kier alpha value is -4.00. The Morgan fingerprint density at radius 2 is 1.79 bits per heavy atom. The van der Waals surface area contributed by atoms with Crippen molar-refractivity contribution in [3.63, 3.8) is 0 Å². The van der Waals surface area contributed by atoms with E-state index in [1.807, 2.05) is 54.6 Å². The quantitative estimate of drug-likeness (QED) is 0.361. The zero-order valence-electron chi connectivity index (χ0n) is 15.5. The number of ether oxygens (including phenoxy) is 1. The molecule has 0 radical (unpaired) electrons. The summed E-state index contributed by atoms with van der Waals surface area (Å²) >= 11 is 0. The van der Waals surface area contributed by atoms with Crippen LogP contribution in [0, 0.1) is 10.1 Å². The first kappa shape index (κ1) is 19.8. The van der Waals surface area contributed by atoms with Crippen LogP contribution >= 0.6 is 0 Å². The molecule has 7 nitrogen and oxygen atoms in total. The van der Waals surface area contributed by atoms with Crippen LogP contribution in [-0.4, -0.2) is 23.7 Å². The van der Waals surface area contributed by atoms with Gasteiger partial charge in [0.05, 0.1) is 11.1 Å². The van der Waals surface area contributed by atoms with Gasteiger partial charge in [-0.1, -0.05) is 60.7 Å². The maximum Gasteiger partial charge on any atom is 0.277 e. The van der Waals surface area contributed by atoms with Gasteiger partial charge in [0.15, 0.2) is 6.61 Å². The fourth-order valence-electron chi connectivity index (χ4n) is 2.68. The Kier molecular flexibility index (Phi) is 6.67. The SMILES string of the molecule is O=C(COc1ccccc1Cc1ccccc1)N/N=C\c1cccc([N+](=O)[O-])c1. The minimum absolute atomic E-state index is 0.0429. The molecule has 3 aromatic rings. The van der Waals surface area contributed by atoms with Crippen LogP contribution in [0.5, 0.6) is 5.75 Å². The monoisotopic (exact) mass is 389 g/mol. The Labute approximate surface area is 167 Å². The molecule has 0 saturated carbocycles. The van der Waals surface area contributed by atoms with Crippen molar-refractivity contribution < 1.29 is 14.5 Å². The molecule has 7 heteroatoms. The summed E-state index contributed by atoms with van der Waals surface area (Å²) in [5, 5.41) is 14.6. The highest BCUT2D eigenvalue weighted by atomic mass is 16.6. The Morgan fingerprint density at radius 1 is 1.03 bits per heavy atom. The van der Waals surface area contributed by atoms with Crippen molar-refractivity contribution in [1.29, 1.82) is 0 Å². The van der Waals surface area contributed by atoms with Gasteiger partial charge in [-0.2, -0.15) is 5.10 Å². The van der Waals surface area contributed by atoms with Gasteiger partial charge in [0.1, 0.15) is 5.75 Å². The van der Waals surface area contributed by atoms with Gasteiger partial charge in [-0.25, -0.2) is 5.43 Å². The van der Waals surface area contributed by atoms with E-state index in [1.54, 1.807) is 12.1 Å². The number of carbonyl (C=O) groups is 1. The van der Waals surface area contributed by atoms with E-state index in [0.29, 0.717) is 17.7 Å². The molecule has 0 aliphatic carbocycles. The molecule has 3 rings (SSSR count). The first-order chi connectivity index (χ1) is 14.1. The van der Waals surface area contributed by atoms with Crippen LogP contribution in [0.2, 0.25) is 0 Å². The lowest BCUT2D eigenvalue weighted by molar-refractivity contribution is -0.384. The van der Waals surface area contributed by atoms with Gasteiger partial charge in [0, 0.05) is 24.1 Å². The number of nitrogens with zero attached hydrogens (tertiary/aromatic N) is 2. The highest BCUT2D eigenvalue weighted by molar-refractivity contribution is 5.83. The predicted octanol–water partition coefficient (Wildman–Crippen LogP) is 3.71. The van der Waals surface area contributed by atoms with Crippen molar-refractivity contribution in [3.8, 4) is 5.75 Å². The van der Waals surface area contributed by atoms with E-state index in [-0.39, 0.29) is 12.3 Å². The molecule has 0 unspecified atom stereocenters. The summed E-state index contributed by atoms with van der Waals surface area (Å²) in [5.74, 6) is 0.204. The number of carbonyl (C=O) groups excluding carboxylic acids is 1. The topological polar surface area (TPSA) is 93.8 Å². The Morgan fingerprint density at radius 3 is 2.59 bits per heavy atom. The van der Waals surface area contributed by atoms with Crippen LogP contribution in [0.25, 0.3) is 0 Å².